The van der Waals surface area contributed by atoms with Crippen LogP contribution in [-0.4, -0.2) is 18.5 Å². The maximum absolute atomic E-state index is 11.8. The molecule has 1 unspecified atom stereocenters. The summed E-state index contributed by atoms with van der Waals surface area (Å²) in [6, 6.07) is 4.80. The van der Waals surface area contributed by atoms with Gasteiger partial charge in [0.15, 0.2) is 0 Å². The van der Waals surface area contributed by atoms with Crippen molar-refractivity contribution < 1.29 is 8.76 Å². The summed E-state index contributed by atoms with van der Waals surface area (Å²) in [5, 5.41) is 3.01. The van der Waals surface area contributed by atoms with Crippen molar-refractivity contribution in [3.05, 3.63) is 44.7 Å². The molecule has 108 valence electrons. The van der Waals surface area contributed by atoms with E-state index in [1.807, 2.05) is 0 Å². The van der Waals surface area contributed by atoms with Gasteiger partial charge in [-0.3, -0.25) is 14.1 Å². The first-order valence-corrected chi connectivity index (χ1v) is 7.03. The van der Waals surface area contributed by atoms with Crippen LogP contribution in [-0.2, 0) is 17.8 Å². The average molecular weight is 316 g/mol. The minimum absolute atomic E-state index is 0.223. The summed E-state index contributed by atoms with van der Waals surface area (Å²) < 4.78 is 24.8. The van der Waals surface area contributed by atoms with Crippen LogP contribution in [0.4, 0.5) is 11.5 Å². The second kappa shape index (κ2) is 5.70. The molecule has 0 aliphatic carbocycles. The summed E-state index contributed by atoms with van der Waals surface area (Å²) in [6.07, 6.45) is 0. The second-order valence-corrected chi connectivity index (χ2v) is 5.27. The molecule has 0 aliphatic heterocycles. The largest absolute Gasteiger partial charge is 0.755 e. The monoisotopic (exact) mass is 315 g/mol. The summed E-state index contributed by atoms with van der Waals surface area (Å²) in [5.74, 6) is 0.308. The van der Waals surface area contributed by atoms with Gasteiger partial charge < -0.3 is 15.0 Å². The van der Waals surface area contributed by atoms with Crippen molar-refractivity contribution in [3.63, 3.8) is 0 Å². The standard InChI is InChI=1S/C11H13ClN4O3S/c1-6-10(13)14-16(11(6)17)5-7-2-3-8(12)9(4-7)15-20(18)19/h2-4,14-15H,5,13H2,1H3,(H,18,19)/p-1. The number of nitrogens with two attached hydrogens (primary N) is 1. The third kappa shape index (κ3) is 3.03. The average Bonchev–Trinajstić information content (AvgIpc) is 2.61. The molecule has 4 N–H and O–H groups in total. The lowest BCUT2D eigenvalue weighted by Crippen LogP contribution is -2.18. The van der Waals surface area contributed by atoms with Crippen LogP contribution in [0.3, 0.4) is 0 Å². The number of nitrogens with zero attached hydrogens (tertiary/aromatic N) is 1. The molecule has 0 aliphatic rings. The highest BCUT2D eigenvalue weighted by molar-refractivity contribution is 7.80. The van der Waals surface area contributed by atoms with Crippen molar-refractivity contribution in [2.75, 3.05) is 10.5 Å². The van der Waals surface area contributed by atoms with Crippen LogP contribution in [0.25, 0.3) is 0 Å². The highest BCUT2D eigenvalue weighted by Gasteiger charge is 2.08. The van der Waals surface area contributed by atoms with Crippen LogP contribution in [0.1, 0.15) is 11.1 Å². The zero-order chi connectivity index (χ0) is 14.9. The molecule has 0 saturated carbocycles. The van der Waals surface area contributed by atoms with E-state index in [4.69, 9.17) is 17.3 Å². The molecule has 2 rings (SSSR count). The lowest BCUT2D eigenvalue weighted by Gasteiger charge is -2.12. The molecule has 0 amide bonds. The van der Waals surface area contributed by atoms with Crippen LogP contribution in [0.2, 0.25) is 5.02 Å². The van der Waals surface area contributed by atoms with E-state index >= 15 is 0 Å². The van der Waals surface area contributed by atoms with Crippen LogP contribution >= 0.6 is 11.6 Å². The fraction of sp³-hybridized carbons (Fsp3) is 0.182. The van der Waals surface area contributed by atoms with Crippen molar-refractivity contribution in [2.24, 2.45) is 0 Å². The highest BCUT2D eigenvalue weighted by Crippen LogP contribution is 2.23. The smallest absolute Gasteiger partial charge is 0.271 e. The SMILES string of the molecule is Cc1c(N)[nH]n(Cc2ccc(Cl)c(NS(=O)[O-])c2)c1=O. The van der Waals surface area contributed by atoms with Crippen LogP contribution < -0.4 is 16.0 Å². The molecule has 2 aromatic rings. The maximum Gasteiger partial charge on any atom is 0.271 e. The molecule has 0 fully saturated rings. The van der Waals surface area contributed by atoms with E-state index in [2.05, 4.69) is 9.82 Å². The first kappa shape index (κ1) is 14.6. The number of anilines is 2. The number of benzene rings is 1. The molecule has 1 aromatic carbocycles. The van der Waals surface area contributed by atoms with Gasteiger partial charge in [0, 0.05) is 11.3 Å². The number of hydrogen-bond donors (Lipinski definition) is 3. The van der Waals surface area contributed by atoms with Crippen LogP contribution in [0, 0.1) is 6.92 Å². The maximum atomic E-state index is 11.8. The second-order valence-electron chi connectivity index (χ2n) is 4.19. The molecule has 0 radical (unpaired) electrons. The molecule has 7 nitrogen and oxygen atoms in total. The first-order chi connectivity index (χ1) is 9.38. The van der Waals surface area contributed by atoms with Crippen LogP contribution in [0.15, 0.2) is 23.0 Å². The van der Waals surface area contributed by atoms with E-state index in [9.17, 15) is 13.6 Å². The van der Waals surface area contributed by atoms with Crippen molar-refractivity contribution >= 4 is 34.4 Å². The van der Waals surface area contributed by atoms with E-state index in [1.165, 1.54) is 4.68 Å². The summed E-state index contributed by atoms with van der Waals surface area (Å²) in [6.45, 7) is 1.86. The Morgan fingerprint density at radius 2 is 2.25 bits per heavy atom. The van der Waals surface area contributed by atoms with Gasteiger partial charge in [0.05, 0.1) is 22.8 Å². The molecule has 0 saturated heterocycles. The van der Waals surface area contributed by atoms with Crippen molar-refractivity contribution in [1.29, 1.82) is 0 Å². The van der Waals surface area contributed by atoms with E-state index in [0.717, 1.165) is 0 Å². The fourth-order valence-corrected chi connectivity index (χ4v) is 2.30. The Bertz CT molecular complexity index is 725. The fourth-order valence-electron chi connectivity index (χ4n) is 1.73. The number of nitrogens with one attached hydrogen (secondary N) is 2. The number of halogens is 1. The molecule has 1 aromatic heterocycles. The first-order valence-electron chi connectivity index (χ1n) is 5.57. The van der Waals surface area contributed by atoms with E-state index in [1.54, 1.807) is 25.1 Å². The number of nitrogen functional groups attached to an aromatic ring is 1. The van der Waals surface area contributed by atoms with Crippen molar-refractivity contribution in [2.45, 2.75) is 13.5 Å². The van der Waals surface area contributed by atoms with E-state index in [-0.39, 0.29) is 22.8 Å². The summed E-state index contributed by atoms with van der Waals surface area (Å²) in [5.41, 5.74) is 6.79. The quantitative estimate of drug-likeness (QED) is 0.729. The van der Waals surface area contributed by atoms with Gasteiger partial charge in [-0.2, -0.15) is 0 Å². The van der Waals surface area contributed by atoms with Crippen molar-refractivity contribution in [3.8, 4) is 0 Å². The van der Waals surface area contributed by atoms with Gasteiger partial charge in [0.2, 0.25) is 0 Å². The molecule has 1 atom stereocenters. The minimum atomic E-state index is -2.47. The van der Waals surface area contributed by atoms with Gasteiger partial charge in [-0.05, 0) is 24.6 Å². The number of aromatic nitrogens is 2. The van der Waals surface area contributed by atoms with Crippen molar-refractivity contribution in [1.82, 2.24) is 9.78 Å². The number of aromatic amines is 1. The molecule has 0 bridgehead atoms. The predicted octanol–water partition coefficient (Wildman–Crippen LogP) is 0.975. The lowest BCUT2D eigenvalue weighted by molar-refractivity contribution is 0.542. The van der Waals surface area contributed by atoms with Gasteiger partial charge in [-0.15, -0.1) is 0 Å². The van der Waals surface area contributed by atoms with Crippen LogP contribution in [0.5, 0.6) is 0 Å². The van der Waals surface area contributed by atoms with Gasteiger partial charge in [0.1, 0.15) is 5.82 Å². The molecule has 20 heavy (non-hydrogen) atoms. The zero-order valence-electron chi connectivity index (χ0n) is 10.5. The number of rotatable bonds is 4. The summed E-state index contributed by atoms with van der Waals surface area (Å²) in [7, 11) is 0. The summed E-state index contributed by atoms with van der Waals surface area (Å²) in [4.78, 5) is 11.8. The molecule has 1 heterocycles. The Balaban J connectivity index is 2.32. The number of H-pyrrole nitrogens is 1. The topological polar surface area (TPSA) is 116 Å². The molecule has 9 heteroatoms. The lowest BCUT2D eigenvalue weighted by atomic mass is 10.2. The predicted molar refractivity (Wildman–Crippen MR) is 77.3 cm³/mol. The minimum Gasteiger partial charge on any atom is -0.755 e. The Kier molecular flexibility index (Phi) is 4.17. The highest BCUT2D eigenvalue weighted by atomic mass is 35.5. The Morgan fingerprint density at radius 1 is 1.55 bits per heavy atom. The molecular formula is C11H12ClN4O3S-. The third-order valence-corrected chi connectivity index (χ3v) is 3.51. The Labute approximate surface area is 122 Å². The van der Waals surface area contributed by atoms with E-state index < -0.39 is 11.3 Å². The van der Waals surface area contributed by atoms with Gasteiger partial charge in [0.25, 0.3) is 5.56 Å². The molecule has 0 spiro atoms. The third-order valence-electron chi connectivity index (χ3n) is 2.79. The zero-order valence-corrected chi connectivity index (χ0v) is 12.0. The van der Waals surface area contributed by atoms with Gasteiger partial charge in [-0.1, -0.05) is 17.7 Å². The Morgan fingerprint density at radius 3 is 2.80 bits per heavy atom. The molecular weight excluding hydrogens is 304 g/mol. The van der Waals surface area contributed by atoms with E-state index in [0.29, 0.717) is 16.9 Å². The number of hydrogen-bond acceptors (Lipinski definition) is 4. The van der Waals surface area contributed by atoms with Gasteiger partial charge in [-0.25, -0.2) is 4.68 Å². The summed E-state index contributed by atoms with van der Waals surface area (Å²) >= 11 is 3.41. The van der Waals surface area contributed by atoms with Gasteiger partial charge >= 0.3 is 0 Å². The Hall–Kier alpha value is -1.77. The normalized spacial score (nSPS) is 12.3.